The molecule has 0 aliphatic rings. The van der Waals surface area contributed by atoms with E-state index in [4.69, 9.17) is 5.11 Å². The van der Waals surface area contributed by atoms with Gasteiger partial charge < -0.3 is 5.11 Å². The maximum Gasteiger partial charge on any atom is 0.335 e. The summed E-state index contributed by atoms with van der Waals surface area (Å²) in [4.78, 5) is 9.97. The van der Waals surface area contributed by atoms with Crippen molar-refractivity contribution in [3.63, 3.8) is 0 Å². The van der Waals surface area contributed by atoms with Gasteiger partial charge in [-0.05, 0) is 12.8 Å². The first-order chi connectivity index (χ1) is 4.63. The van der Waals surface area contributed by atoms with Crippen molar-refractivity contribution in [3.8, 4) is 0 Å². The molecule has 1 N–H and O–H groups in total. The Bertz CT molecular complexity index is 117. The van der Waals surface area contributed by atoms with E-state index in [1.54, 1.807) is 6.66 Å². The van der Waals surface area contributed by atoms with Crippen molar-refractivity contribution in [1.29, 1.82) is 0 Å². The maximum atomic E-state index is 10.5. The number of carboxylic acid groups (broad SMARTS) is 1. The van der Waals surface area contributed by atoms with Crippen LogP contribution in [0.5, 0.6) is 0 Å². The summed E-state index contributed by atoms with van der Waals surface area (Å²) in [6, 6.07) is 0. The smallest absolute Gasteiger partial charge is 0.335 e. The fourth-order valence-electron chi connectivity index (χ4n) is 0.611. The standard InChI is InChI=1S/C6H11O3P/c1-10(9)5-3-2-4-6(7)8/h2-5H2,1H3/p+1. The van der Waals surface area contributed by atoms with Crippen LogP contribution in [-0.2, 0) is 9.36 Å². The highest BCUT2D eigenvalue weighted by atomic mass is 31.1. The minimum absolute atomic E-state index is 0.198. The normalized spacial score (nSPS) is 11.1. The molecule has 58 valence electrons. The molecule has 3 nitrogen and oxygen atoms in total. The van der Waals surface area contributed by atoms with Crippen molar-refractivity contribution in [2.75, 3.05) is 12.8 Å². The third-order valence-corrected chi connectivity index (χ3v) is 2.06. The predicted octanol–water partition coefficient (Wildman–Crippen LogP) is 1.70. The van der Waals surface area contributed by atoms with E-state index in [-0.39, 0.29) is 6.42 Å². The zero-order chi connectivity index (χ0) is 7.98. The molecule has 1 unspecified atom stereocenters. The summed E-state index contributed by atoms with van der Waals surface area (Å²) in [6.07, 6.45) is 2.26. The Labute approximate surface area is 61.2 Å². The molecule has 0 radical (unpaired) electrons. The van der Waals surface area contributed by atoms with Crippen LogP contribution in [0.15, 0.2) is 0 Å². The molecule has 0 saturated heterocycles. The first-order valence-electron chi connectivity index (χ1n) is 3.23. The summed E-state index contributed by atoms with van der Waals surface area (Å²) >= 11 is 0. The first-order valence-corrected chi connectivity index (χ1v) is 5.12. The van der Waals surface area contributed by atoms with Crippen molar-refractivity contribution in [3.05, 3.63) is 0 Å². The van der Waals surface area contributed by atoms with E-state index in [0.717, 1.165) is 6.42 Å². The zero-order valence-electron chi connectivity index (χ0n) is 6.04. The van der Waals surface area contributed by atoms with Gasteiger partial charge in [-0.1, -0.05) is 4.57 Å². The van der Waals surface area contributed by atoms with Crippen LogP contribution < -0.4 is 0 Å². The molecule has 4 heteroatoms. The van der Waals surface area contributed by atoms with Crippen molar-refractivity contribution in [1.82, 2.24) is 0 Å². The van der Waals surface area contributed by atoms with E-state index >= 15 is 0 Å². The fourth-order valence-corrected chi connectivity index (χ4v) is 1.28. The van der Waals surface area contributed by atoms with Gasteiger partial charge >= 0.3 is 13.8 Å². The molecule has 0 amide bonds. The highest BCUT2D eigenvalue weighted by molar-refractivity contribution is 7.43. The largest absolute Gasteiger partial charge is 0.481 e. The van der Waals surface area contributed by atoms with E-state index in [1.165, 1.54) is 0 Å². The van der Waals surface area contributed by atoms with Crippen LogP contribution in [0.3, 0.4) is 0 Å². The number of rotatable bonds is 5. The lowest BCUT2D eigenvalue weighted by atomic mass is 10.2. The second-order valence-corrected chi connectivity index (χ2v) is 3.91. The molecule has 0 rings (SSSR count). The topological polar surface area (TPSA) is 54.4 Å². The van der Waals surface area contributed by atoms with Crippen LogP contribution in [0.2, 0.25) is 0 Å². The van der Waals surface area contributed by atoms with Crippen LogP contribution >= 0.6 is 7.80 Å². The van der Waals surface area contributed by atoms with Crippen molar-refractivity contribution >= 4 is 13.8 Å². The Morgan fingerprint density at radius 2 is 2.10 bits per heavy atom. The molecule has 10 heavy (non-hydrogen) atoms. The first kappa shape index (κ1) is 9.57. The number of hydrogen-bond acceptors (Lipinski definition) is 2. The monoisotopic (exact) mass is 163 g/mol. The van der Waals surface area contributed by atoms with Crippen molar-refractivity contribution < 1.29 is 14.5 Å². The molecular weight excluding hydrogens is 151 g/mol. The minimum atomic E-state index is -1.07. The van der Waals surface area contributed by atoms with Crippen LogP contribution in [0.1, 0.15) is 19.3 Å². The lowest BCUT2D eigenvalue weighted by Gasteiger charge is -1.88. The van der Waals surface area contributed by atoms with E-state index in [0.29, 0.717) is 12.6 Å². The molecule has 0 fully saturated rings. The molecule has 0 aliphatic carbocycles. The lowest BCUT2D eigenvalue weighted by molar-refractivity contribution is -0.137. The molecular formula is C6H12O3P+. The molecule has 0 saturated carbocycles. The summed E-state index contributed by atoms with van der Waals surface area (Å²) in [5, 5.41) is 8.21. The summed E-state index contributed by atoms with van der Waals surface area (Å²) in [5.74, 6) is -0.772. The predicted molar refractivity (Wildman–Crippen MR) is 39.9 cm³/mol. The third-order valence-electron chi connectivity index (χ3n) is 1.11. The summed E-state index contributed by atoms with van der Waals surface area (Å²) < 4.78 is 10.5. The second-order valence-electron chi connectivity index (χ2n) is 2.20. The van der Waals surface area contributed by atoms with Gasteiger partial charge in [-0.3, -0.25) is 4.79 Å². The molecule has 1 atom stereocenters. The minimum Gasteiger partial charge on any atom is -0.481 e. The molecule has 0 aromatic heterocycles. The van der Waals surface area contributed by atoms with Gasteiger partial charge in [-0.2, -0.15) is 0 Å². The van der Waals surface area contributed by atoms with Gasteiger partial charge in [-0.15, -0.1) is 0 Å². The SMILES string of the molecule is C[P+](=O)CCCCC(=O)O. The average molecular weight is 163 g/mol. The Balaban J connectivity index is 3.06. The Hall–Kier alpha value is -0.430. The van der Waals surface area contributed by atoms with Crippen LogP contribution in [0, 0.1) is 0 Å². The van der Waals surface area contributed by atoms with Crippen LogP contribution in [0.25, 0.3) is 0 Å². The number of carboxylic acids is 1. The van der Waals surface area contributed by atoms with Gasteiger partial charge in [0.25, 0.3) is 0 Å². The number of unbranched alkanes of at least 4 members (excludes halogenated alkanes) is 1. The molecule has 0 aromatic rings. The summed E-state index contributed by atoms with van der Waals surface area (Å²) in [6.45, 7) is 1.66. The highest BCUT2D eigenvalue weighted by Crippen LogP contribution is 2.15. The Morgan fingerprint density at radius 1 is 1.50 bits per heavy atom. The maximum absolute atomic E-state index is 10.5. The molecule has 0 bridgehead atoms. The Kier molecular flexibility index (Phi) is 5.13. The molecule has 0 aliphatic heterocycles. The average Bonchev–Trinajstić information content (AvgIpc) is 1.79. The third kappa shape index (κ3) is 7.57. The van der Waals surface area contributed by atoms with E-state index < -0.39 is 13.8 Å². The lowest BCUT2D eigenvalue weighted by Crippen LogP contribution is -1.93. The molecule has 0 spiro atoms. The van der Waals surface area contributed by atoms with Gasteiger partial charge in [0.15, 0.2) is 0 Å². The van der Waals surface area contributed by atoms with Crippen LogP contribution in [0.4, 0.5) is 0 Å². The molecule has 0 aromatic carbocycles. The van der Waals surface area contributed by atoms with Gasteiger partial charge in [0, 0.05) is 6.42 Å². The van der Waals surface area contributed by atoms with Crippen LogP contribution in [-0.4, -0.2) is 23.9 Å². The van der Waals surface area contributed by atoms with E-state index in [2.05, 4.69) is 0 Å². The van der Waals surface area contributed by atoms with Crippen molar-refractivity contribution in [2.24, 2.45) is 0 Å². The van der Waals surface area contributed by atoms with Gasteiger partial charge in [0.05, 0.1) is 0 Å². The number of aliphatic carboxylic acids is 1. The van der Waals surface area contributed by atoms with Crippen molar-refractivity contribution in [2.45, 2.75) is 19.3 Å². The quantitative estimate of drug-likeness (QED) is 0.495. The Morgan fingerprint density at radius 3 is 2.50 bits per heavy atom. The van der Waals surface area contributed by atoms with Gasteiger partial charge in [-0.25, -0.2) is 0 Å². The van der Waals surface area contributed by atoms with E-state index in [9.17, 15) is 9.36 Å². The van der Waals surface area contributed by atoms with Gasteiger partial charge in [0.1, 0.15) is 12.8 Å². The summed E-state index contributed by atoms with van der Waals surface area (Å²) in [7, 11) is -1.07. The summed E-state index contributed by atoms with van der Waals surface area (Å²) in [5.41, 5.74) is 0. The zero-order valence-corrected chi connectivity index (χ0v) is 6.93. The van der Waals surface area contributed by atoms with E-state index in [1.807, 2.05) is 0 Å². The number of carbonyl (C=O) groups is 1. The number of hydrogen-bond donors (Lipinski definition) is 1. The highest BCUT2D eigenvalue weighted by Gasteiger charge is 2.05. The van der Waals surface area contributed by atoms with Gasteiger partial charge in [0.2, 0.25) is 0 Å². The second kappa shape index (κ2) is 5.36. The fraction of sp³-hybridized carbons (Fsp3) is 0.833. The molecule has 0 heterocycles.